The van der Waals surface area contributed by atoms with Crippen LogP contribution < -0.4 is 14.8 Å². The molecule has 30 heavy (non-hydrogen) atoms. The van der Waals surface area contributed by atoms with Crippen LogP contribution in [0, 0.1) is 5.82 Å². The first-order valence-corrected chi connectivity index (χ1v) is 10.2. The Hall–Kier alpha value is -3.09. The summed E-state index contributed by atoms with van der Waals surface area (Å²) in [7, 11) is 0. The summed E-state index contributed by atoms with van der Waals surface area (Å²) in [5.74, 6) is -0.261. The fourth-order valence-electron chi connectivity index (χ4n) is 4.12. The highest BCUT2D eigenvalue weighted by atomic mass is 19.1. The Kier molecular flexibility index (Phi) is 5.88. The number of amides is 1. The highest BCUT2D eigenvalue weighted by Gasteiger charge is 2.45. The van der Waals surface area contributed by atoms with Crippen LogP contribution in [0.4, 0.5) is 10.1 Å². The molecule has 1 N–H and O–H groups in total. The van der Waals surface area contributed by atoms with Crippen molar-refractivity contribution in [2.24, 2.45) is 0 Å². The summed E-state index contributed by atoms with van der Waals surface area (Å²) < 4.78 is 30.9. The Labute approximate surface area is 174 Å². The molecular weight excluding hydrogens is 389 g/mol. The van der Waals surface area contributed by atoms with E-state index in [4.69, 9.17) is 14.2 Å². The number of hydrogen-bond donors (Lipinski definition) is 1. The van der Waals surface area contributed by atoms with Gasteiger partial charge in [-0.2, -0.15) is 0 Å². The zero-order chi connectivity index (χ0) is 21.0. The summed E-state index contributed by atoms with van der Waals surface area (Å²) in [5, 5.41) is 2.70. The average molecular weight is 413 g/mol. The Morgan fingerprint density at radius 3 is 2.50 bits per heavy atom. The molecule has 1 amide bonds. The van der Waals surface area contributed by atoms with Crippen molar-refractivity contribution in [3.05, 3.63) is 53.8 Å². The van der Waals surface area contributed by atoms with Crippen molar-refractivity contribution in [1.29, 1.82) is 0 Å². The molecule has 0 aromatic heterocycles. The molecule has 2 aliphatic rings. The Bertz CT molecular complexity index is 939. The van der Waals surface area contributed by atoms with Gasteiger partial charge in [0.25, 0.3) is 5.91 Å². The number of benzene rings is 2. The van der Waals surface area contributed by atoms with Gasteiger partial charge >= 0.3 is 5.97 Å². The van der Waals surface area contributed by atoms with Crippen LogP contribution in [0.3, 0.4) is 0 Å². The van der Waals surface area contributed by atoms with E-state index in [9.17, 15) is 14.0 Å². The summed E-state index contributed by atoms with van der Waals surface area (Å²) in [4.78, 5) is 25.2. The average Bonchev–Trinajstić information content (AvgIpc) is 3.13. The van der Waals surface area contributed by atoms with Crippen LogP contribution >= 0.6 is 0 Å². The molecule has 1 aliphatic heterocycles. The molecule has 2 aromatic carbocycles. The van der Waals surface area contributed by atoms with E-state index in [1.807, 2.05) is 0 Å². The molecule has 1 aliphatic carbocycles. The van der Waals surface area contributed by atoms with E-state index in [1.54, 1.807) is 36.4 Å². The van der Waals surface area contributed by atoms with Crippen molar-refractivity contribution in [2.75, 3.05) is 25.1 Å². The molecule has 1 heterocycles. The molecule has 0 spiro atoms. The highest BCUT2D eigenvalue weighted by Crippen LogP contribution is 2.43. The lowest BCUT2D eigenvalue weighted by molar-refractivity contribution is -0.153. The van der Waals surface area contributed by atoms with E-state index in [-0.39, 0.29) is 0 Å². The van der Waals surface area contributed by atoms with Crippen LogP contribution in [0.1, 0.15) is 37.7 Å². The zero-order valence-electron chi connectivity index (χ0n) is 16.6. The van der Waals surface area contributed by atoms with Gasteiger partial charge in [-0.25, -0.2) is 4.39 Å². The van der Waals surface area contributed by atoms with Crippen LogP contribution in [0.2, 0.25) is 0 Å². The molecule has 1 saturated carbocycles. The minimum absolute atomic E-state index is 0.343. The van der Waals surface area contributed by atoms with Gasteiger partial charge < -0.3 is 19.5 Å². The summed E-state index contributed by atoms with van der Waals surface area (Å²) in [6, 6.07) is 11.4. The molecule has 0 atom stereocenters. The largest absolute Gasteiger partial charge is 0.490 e. The Morgan fingerprint density at radius 1 is 1.00 bits per heavy atom. The van der Waals surface area contributed by atoms with Crippen molar-refractivity contribution in [3.8, 4) is 11.5 Å². The van der Waals surface area contributed by atoms with Gasteiger partial charge in [0.05, 0.1) is 18.6 Å². The minimum Gasteiger partial charge on any atom is -0.490 e. The standard InChI is InChI=1S/C23H24FNO5/c24-18-7-2-1-6-17(18)23(10-3-4-11-23)22(27)30-15-21(26)25-16-8-9-19-20(14-16)29-13-5-12-28-19/h1-2,6-9,14H,3-5,10-13,15H2,(H,25,26). The Balaban J connectivity index is 1.40. The third kappa shape index (κ3) is 4.10. The second kappa shape index (κ2) is 8.73. The first kappa shape index (κ1) is 20.2. The number of fused-ring (bicyclic) bond motifs is 1. The number of halogens is 1. The molecule has 2 aromatic rings. The van der Waals surface area contributed by atoms with Crippen molar-refractivity contribution in [2.45, 2.75) is 37.5 Å². The van der Waals surface area contributed by atoms with E-state index < -0.39 is 29.7 Å². The number of carbonyl (C=O) groups is 2. The number of carbonyl (C=O) groups excluding carboxylic acids is 2. The third-order valence-corrected chi connectivity index (χ3v) is 5.60. The molecular formula is C23H24FNO5. The van der Waals surface area contributed by atoms with Gasteiger partial charge in [-0.15, -0.1) is 0 Å². The number of esters is 1. The Morgan fingerprint density at radius 2 is 1.73 bits per heavy atom. The molecule has 6 nitrogen and oxygen atoms in total. The smallest absolute Gasteiger partial charge is 0.317 e. The molecule has 0 unspecified atom stereocenters. The van der Waals surface area contributed by atoms with Crippen molar-refractivity contribution in [1.82, 2.24) is 0 Å². The van der Waals surface area contributed by atoms with Crippen LogP contribution in [-0.4, -0.2) is 31.7 Å². The topological polar surface area (TPSA) is 73.9 Å². The second-order valence-corrected chi connectivity index (χ2v) is 7.61. The quantitative estimate of drug-likeness (QED) is 0.751. The molecule has 1 fully saturated rings. The van der Waals surface area contributed by atoms with Crippen molar-refractivity contribution < 1.29 is 28.2 Å². The van der Waals surface area contributed by atoms with E-state index in [0.29, 0.717) is 48.8 Å². The van der Waals surface area contributed by atoms with Crippen molar-refractivity contribution >= 4 is 17.6 Å². The van der Waals surface area contributed by atoms with Crippen LogP contribution in [0.25, 0.3) is 0 Å². The van der Waals surface area contributed by atoms with Crippen molar-refractivity contribution in [3.63, 3.8) is 0 Å². The molecule has 0 radical (unpaired) electrons. The predicted octanol–water partition coefficient (Wildman–Crippen LogP) is 3.98. The summed E-state index contributed by atoms with van der Waals surface area (Å²) in [6.45, 7) is 0.683. The van der Waals surface area contributed by atoms with Gasteiger partial charge in [0.2, 0.25) is 0 Å². The normalized spacial score (nSPS) is 17.1. The fourth-order valence-corrected chi connectivity index (χ4v) is 4.12. The lowest BCUT2D eigenvalue weighted by Gasteiger charge is -2.27. The molecule has 0 bridgehead atoms. The number of rotatable bonds is 5. The molecule has 0 saturated heterocycles. The maximum atomic E-state index is 14.4. The van der Waals surface area contributed by atoms with E-state index in [1.165, 1.54) is 6.07 Å². The first-order valence-electron chi connectivity index (χ1n) is 10.2. The summed E-state index contributed by atoms with van der Waals surface area (Å²) >= 11 is 0. The van der Waals surface area contributed by atoms with E-state index in [2.05, 4.69) is 5.32 Å². The first-order chi connectivity index (χ1) is 14.6. The minimum atomic E-state index is -1.03. The molecule has 7 heteroatoms. The number of nitrogens with one attached hydrogen (secondary N) is 1. The van der Waals surface area contributed by atoms with E-state index >= 15 is 0 Å². The predicted molar refractivity (Wildman–Crippen MR) is 108 cm³/mol. The van der Waals surface area contributed by atoms with Gasteiger partial charge in [-0.3, -0.25) is 9.59 Å². The van der Waals surface area contributed by atoms with Gasteiger partial charge in [-0.05, 0) is 31.0 Å². The van der Waals surface area contributed by atoms with Gasteiger partial charge in [0, 0.05) is 23.7 Å². The SMILES string of the molecule is O=C(COC(=O)C1(c2ccccc2F)CCCC1)Nc1ccc2c(c1)OCCCO2. The van der Waals surface area contributed by atoms with Crippen LogP contribution in [-0.2, 0) is 19.7 Å². The summed E-state index contributed by atoms with van der Waals surface area (Å²) in [6.07, 6.45) is 3.43. The lowest BCUT2D eigenvalue weighted by Crippen LogP contribution is -2.37. The fraction of sp³-hybridized carbons (Fsp3) is 0.391. The molecule has 158 valence electrons. The molecule has 4 rings (SSSR count). The van der Waals surface area contributed by atoms with Gasteiger partial charge in [0.15, 0.2) is 18.1 Å². The lowest BCUT2D eigenvalue weighted by atomic mass is 9.78. The maximum absolute atomic E-state index is 14.4. The number of ether oxygens (including phenoxy) is 3. The maximum Gasteiger partial charge on any atom is 0.317 e. The number of anilines is 1. The number of hydrogen-bond acceptors (Lipinski definition) is 5. The zero-order valence-corrected chi connectivity index (χ0v) is 16.6. The van der Waals surface area contributed by atoms with Crippen LogP contribution in [0.15, 0.2) is 42.5 Å². The van der Waals surface area contributed by atoms with Gasteiger partial charge in [-0.1, -0.05) is 31.0 Å². The summed E-state index contributed by atoms with van der Waals surface area (Å²) in [5.41, 5.74) is -0.165. The second-order valence-electron chi connectivity index (χ2n) is 7.61. The van der Waals surface area contributed by atoms with Crippen LogP contribution in [0.5, 0.6) is 11.5 Å². The van der Waals surface area contributed by atoms with Gasteiger partial charge in [0.1, 0.15) is 5.82 Å². The monoisotopic (exact) mass is 413 g/mol. The van der Waals surface area contributed by atoms with E-state index in [0.717, 1.165) is 19.3 Å². The third-order valence-electron chi connectivity index (χ3n) is 5.60. The highest BCUT2D eigenvalue weighted by molar-refractivity contribution is 5.94.